The molecule has 27 heavy (non-hydrogen) atoms. The van der Waals surface area contributed by atoms with Crippen LogP contribution in [-0.2, 0) is 10.0 Å². The van der Waals surface area contributed by atoms with Crippen LogP contribution in [0, 0.1) is 13.8 Å². The molecule has 0 spiro atoms. The van der Waals surface area contributed by atoms with Gasteiger partial charge in [-0.2, -0.15) is 13.2 Å². The van der Waals surface area contributed by atoms with Crippen molar-refractivity contribution in [3.63, 3.8) is 0 Å². The average Bonchev–Trinajstić information content (AvgIpc) is 2.54. The number of nitrogens with one attached hydrogen (secondary N) is 2. The Balaban J connectivity index is 0.00000364. The maximum Gasteiger partial charge on any atom is 0.405 e. The van der Waals surface area contributed by atoms with Crippen molar-refractivity contribution in [2.75, 3.05) is 39.8 Å². The molecule has 1 aromatic carbocycles. The summed E-state index contributed by atoms with van der Waals surface area (Å²) in [6.07, 6.45) is -4.52. The molecule has 1 atom stereocenters. The number of rotatable bonds is 6. The van der Waals surface area contributed by atoms with Crippen LogP contribution in [0.25, 0.3) is 0 Å². The molecular formula is C16H25ClF3N3O3S. The number of hydrogen-bond acceptors (Lipinski definition) is 5. The van der Waals surface area contributed by atoms with Crippen molar-refractivity contribution < 1.29 is 26.3 Å². The van der Waals surface area contributed by atoms with Gasteiger partial charge in [-0.1, -0.05) is 0 Å². The van der Waals surface area contributed by atoms with Gasteiger partial charge in [-0.05, 0) is 37.1 Å². The number of nitrogens with zero attached hydrogens (tertiary/aromatic N) is 1. The van der Waals surface area contributed by atoms with Gasteiger partial charge in [0.1, 0.15) is 11.8 Å². The molecule has 1 aliphatic heterocycles. The minimum atomic E-state index is -4.52. The Bertz CT molecular complexity index is 715. The lowest BCUT2D eigenvalue weighted by Gasteiger charge is -2.35. The molecule has 2 rings (SSSR count). The van der Waals surface area contributed by atoms with Crippen LogP contribution >= 0.6 is 12.4 Å². The maximum atomic E-state index is 13.4. The van der Waals surface area contributed by atoms with Crippen LogP contribution < -0.4 is 14.8 Å². The number of benzene rings is 1. The van der Waals surface area contributed by atoms with Crippen molar-refractivity contribution in [1.29, 1.82) is 0 Å². The zero-order valence-electron chi connectivity index (χ0n) is 15.4. The zero-order valence-corrected chi connectivity index (χ0v) is 17.0. The molecule has 0 saturated carbocycles. The van der Waals surface area contributed by atoms with E-state index in [0.29, 0.717) is 30.0 Å². The summed E-state index contributed by atoms with van der Waals surface area (Å²) in [7, 11) is -2.60. The smallest absolute Gasteiger partial charge is 0.405 e. The van der Waals surface area contributed by atoms with E-state index in [1.54, 1.807) is 13.8 Å². The predicted molar refractivity (Wildman–Crippen MR) is 99.2 cm³/mol. The van der Waals surface area contributed by atoms with Crippen LogP contribution in [0.1, 0.15) is 11.1 Å². The molecule has 1 saturated heterocycles. The van der Waals surface area contributed by atoms with Crippen molar-refractivity contribution in [2.45, 2.75) is 31.0 Å². The summed E-state index contributed by atoms with van der Waals surface area (Å²) >= 11 is 0. The summed E-state index contributed by atoms with van der Waals surface area (Å²) in [5.74, 6) is 0.554. The highest BCUT2D eigenvalue weighted by molar-refractivity contribution is 7.89. The monoisotopic (exact) mass is 431 g/mol. The highest BCUT2D eigenvalue weighted by atomic mass is 35.5. The topological polar surface area (TPSA) is 70.7 Å². The molecule has 1 unspecified atom stereocenters. The summed E-state index contributed by atoms with van der Waals surface area (Å²) in [5.41, 5.74) is 1.20. The van der Waals surface area contributed by atoms with Gasteiger partial charge in [0, 0.05) is 32.7 Å². The van der Waals surface area contributed by atoms with Gasteiger partial charge in [0.25, 0.3) is 0 Å². The molecule has 156 valence electrons. The van der Waals surface area contributed by atoms with E-state index in [4.69, 9.17) is 4.74 Å². The van der Waals surface area contributed by atoms with E-state index in [-0.39, 0.29) is 30.4 Å². The van der Waals surface area contributed by atoms with Gasteiger partial charge >= 0.3 is 6.18 Å². The fourth-order valence-electron chi connectivity index (χ4n) is 3.11. The van der Waals surface area contributed by atoms with Crippen LogP contribution in [0.5, 0.6) is 5.75 Å². The average molecular weight is 432 g/mol. The van der Waals surface area contributed by atoms with Crippen molar-refractivity contribution in [1.82, 2.24) is 14.9 Å². The molecule has 1 aromatic rings. The fourth-order valence-corrected chi connectivity index (χ4v) is 4.31. The SMILES string of the molecule is COc1c(C)cc(S(=O)(=O)NCC(N2CCNCC2)C(F)(F)F)cc1C.Cl. The van der Waals surface area contributed by atoms with Crippen LogP contribution in [0.4, 0.5) is 13.2 Å². The summed E-state index contributed by atoms with van der Waals surface area (Å²) in [6.45, 7) is 3.95. The van der Waals surface area contributed by atoms with E-state index in [2.05, 4.69) is 10.0 Å². The molecule has 1 heterocycles. The van der Waals surface area contributed by atoms with Gasteiger partial charge in [-0.25, -0.2) is 13.1 Å². The van der Waals surface area contributed by atoms with E-state index in [9.17, 15) is 21.6 Å². The summed E-state index contributed by atoms with van der Waals surface area (Å²) in [4.78, 5) is 1.18. The van der Waals surface area contributed by atoms with Crippen molar-refractivity contribution in [3.05, 3.63) is 23.3 Å². The fraction of sp³-hybridized carbons (Fsp3) is 0.625. The first kappa shape index (κ1) is 24.0. The van der Waals surface area contributed by atoms with Crippen LogP contribution in [0.3, 0.4) is 0 Å². The Morgan fingerprint density at radius 1 is 1.22 bits per heavy atom. The maximum absolute atomic E-state index is 13.4. The van der Waals surface area contributed by atoms with E-state index < -0.39 is 28.8 Å². The molecule has 0 aromatic heterocycles. The standard InChI is InChI=1S/C16H24F3N3O3S.ClH/c1-11-8-13(9-12(2)15(11)25-3)26(23,24)21-10-14(16(17,18)19)22-6-4-20-5-7-22;/h8-9,14,20-21H,4-7,10H2,1-3H3;1H. The lowest BCUT2D eigenvalue weighted by Crippen LogP contribution is -2.57. The van der Waals surface area contributed by atoms with E-state index in [1.807, 2.05) is 0 Å². The van der Waals surface area contributed by atoms with Crippen molar-refractivity contribution in [2.24, 2.45) is 0 Å². The second-order valence-corrected chi connectivity index (χ2v) is 8.05. The normalized spacial score (nSPS) is 17.3. The molecule has 1 fully saturated rings. The first-order chi connectivity index (χ1) is 12.1. The number of ether oxygens (including phenoxy) is 1. The van der Waals surface area contributed by atoms with Gasteiger partial charge in [0.15, 0.2) is 0 Å². The Morgan fingerprint density at radius 3 is 2.19 bits per heavy atom. The Morgan fingerprint density at radius 2 is 1.74 bits per heavy atom. The number of sulfonamides is 1. The molecular weight excluding hydrogens is 407 g/mol. The zero-order chi connectivity index (χ0) is 19.5. The van der Waals surface area contributed by atoms with Gasteiger partial charge in [-0.15, -0.1) is 12.4 Å². The molecule has 0 bridgehead atoms. The summed E-state index contributed by atoms with van der Waals surface area (Å²) in [5, 5.41) is 2.98. The number of hydrogen-bond donors (Lipinski definition) is 2. The lowest BCUT2D eigenvalue weighted by molar-refractivity contribution is -0.182. The molecule has 11 heteroatoms. The van der Waals surface area contributed by atoms with Crippen LogP contribution in [0.2, 0.25) is 0 Å². The second kappa shape index (κ2) is 9.42. The minimum Gasteiger partial charge on any atom is -0.496 e. The number of alkyl halides is 3. The van der Waals surface area contributed by atoms with Crippen LogP contribution in [0.15, 0.2) is 17.0 Å². The third-order valence-corrected chi connectivity index (χ3v) is 5.79. The lowest BCUT2D eigenvalue weighted by atomic mass is 10.1. The van der Waals surface area contributed by atoms with Gasteiger partial charge < -0.3 is 10.1 Å². The summed E-state index contributed by atoms with van der Waals surface area (Å²) < 4.78 is 72.5. The van der Waals surface area contributed by atoms with E-state index in [0.717, 1.165) is 0 Å². The van der Waals surface area contributed by atoms with Gasteiger partial charge in [-0.3, -0.25) is 4.90 Å². The second-order valence-electron chi connectivity index (χ2n) is 6.29. The number of methoxy groups -OCH3 is 1. The number of aryl methyl sites for hydroxylation is 2. The van der Waals surface area contributed by atoms with Crippen molar-refractivity contribution >= 4 is 22.4 Å². The minimum absolute atomic E-state index is 0. The Labute approximate surface area is 163 Å². The van der Waals surface area contributed by atoms with Crippen LogP contribution in [-0.4, -0.2) is 65.4 Å². The van der Waals surface area contributed by atoms with E-state index >= 15 is 0 Å². The predicted octanol–water partition coefficient (Wildman–Crippen LogP) is 1.85. The third-order valence-electron chi connectivity index (χ3n) is 4.39. The summed E-state index contributed by atoms with van der Waals surface area (Å²) in [6, 6.07) is 0.920. The first-order valence-electron chi connectivity index (χ1n) is 8.22. The molecule has 2 N–H and O–H groups in total. The largest absolute Gasteiger partial charge is 0.496 e. The van der Waals surface area contributed by atoms with Crippen molar-refractivity contribution in [3.8, 4) is 5.75 Å². The Kier molecular flexibility index (Phi) is 8.36. The number of piperazine rings is 1. The highest BCUT2D eigenvalue weighted by Gasteiger charge is 2.44. The first-order valence-corrected chi connectivity index (χ1v) is 9.71. The molecule has 0 amide bonds. The molecule has 0 aliphatic carbocycles. The number of halogens is 4. The highest BCUT2D eigenvalue weighted by Crippen LogP contribution is 2.28. The van der Waals surface area contributed by atoms with Gasteiger partial charge in [0.05, 0.1) is 12.0 Å². The molecule has 6 nitrogen and oxygen atoms in total. The molecule has 0 radical (unpaired) electrons. The quantitative estimate of drug-likeness (QED) is 0.719. The van der Waals surface area contributed by atoms with Gasteiger partial charge in [0.2, 0.25) is 10.0 Å². The third kappa shape index (κ3) is 5.95. The van der Waals surface area contributed by atoms with E-state index in [1.165, 1.54) is 24.1 Å². The Hall–Kier alpha value is -1.07. The molecule has 1 aliphatic rings.